The average molecular weight is 572 g/mol. The first-order valence-electron chi connectivity index (χ1n) is 14.4. The normalized spacial score (nSPS) is 20.2. The maximum Gasteiger partial charge on any atom is 0.305 e. The molecule has 0 radical (unpaired) electrons. The quantitative estimate of drug-likeness (QED) is 0.0705. The van der Waals surface area contributed by atoms with Crippen LogP contribution in [-0.2, 0) is 30.3 Å². The third-order valence-electron chi connectivity index (χ3n) is 7.50. The summed E-state index contributed by atoms with van der Waals surface area (Å²) in [6, 6.07) is 6.23. The standard InChI is InChI=1S/C31H41NO9/c1-3-4-9-22(2)26(33)17-15-23-16-18-27-30(23)25-12-5-10-24(31(25)41-27)11-6-13-28(34)38-19-8-20-39-29(35)14-7-21-40-32(36)37/h5,10,12,15,17,22-23,26-27,30,33H,6-9,11,13-14,16,18-21H2,1-2H3/b17-15+. The van der Waals surface area contributed by atoms with Crippen LogP contribution in [0.3, 0.4) is 0 Å². The van der Waals surface area contributed by atoms with Crippen molar-refractivity contribution in [1.82, 2.24) is 0 Å². The van der Waals surface area contributed by atoms with Gasteiger partial charge in [-0.3, -0.25) is 9.59 Å². The lowest BCUT2D eigenvalue weighted by molar-refractivity contribution is -0.757. The number of ether oxygens (including phenoxy) is 3. The molecule has 3 rings (SSSR count). The molecule has 5 unspecified atom stereocenters. The van der Waals surface area contributed by atoms with Crippen LogP contribution in [0, 0.1) is 33.8 Å². The van der Waals surface area contributed by atoms with Crippen molar-refractivity contribution < 1.29 is 38.8 Å². The Morgan fingerprint density at radius 3 is 2.59 bits per heavy atom. The van der Waals surface area contributed by atoms with Crippen molar-refractivity contribution in [3.63, 3.8) is 0 Å². The van der Waals surface area contributed by atoms with Gasteiger partial charge in [-0.15, -0.1) is 22.0 Å². The second-order valence-corrected chi connectivity index (χ2v) is 10.6. The summed E-state index contributed by atoms with van der Waals surface area (Å²) in [5.41, 5.74) is 2.30. The van der Waals surface area contributed by atoms with Crippen LogP contribution in [0.4, 0.5) is 0 Å². The predicted octanol–water partition coefficient (Wildman–Crippen LogP) is 4.70. The zero-order chi connectivity index (χ0) is 29.6. The number of hydrogen-bond donors (Lipinski definition) is 1. The van der Waals surface area contributed by atoms with Crippen molar-refractivity contribution >= 4 is 11.9 Å². The van der Waals surface area contributed by atoms with Gasteiger partial charge in [-0.2, -0.15) is 0 Å². The van der Waals surface area contributed by atoms with Crippen molar-refractivity contribution in [2.75, 3.05) is 19.8 Å². The van der Waals surface area contributed by atoms with Crippen LogP contribution in [0.5, 0.6) is 5.75 Å². The SMILES string of the molecule is CC#CCC(C)C(O)/C=C/C1CCC2Oc3c(CCCC(=O)OCCCOC(=O)CCCO[N+](=O)[O-])cccc3C12. The van der Waals surface area contributed by atoms with E-state index in [1.54, 1.807) is 0 Å². The van der Waals surface area contributed by atoms with Gasteiger partial charge < -0.3 is 24.2 Å². The Morgan fingerprint density at radius 2 is 1.88 bits per heavy atom. The molecule has 1 aliphatic heterocycles. The number of benzene rings is 1. The number of carbonyl (C=O) groups excluding carboxylic acids is 2. The van der Waals surface area contributed by atoms with Gasteiger partial charge in [0, 0.05) is 37.2 Å². The van der Waals surface area contributed by atoms with Gasteiger partial charge in [0.25, 0.3) is 5.09 Å². The van der Waals surface area contributed by atoms with Gasteiger partial charge in [0.05, 0.1) is 25.9 Å². The highest BCUT2D eigenvalue weighted by molar-refractivity contribution is 5.69. The number of allylic oxidation sites excluding steroid dienone is 1. The molecule has 41 heavy (non-hydrogen) atoms. The monoisotopic (exact) mass is 571 g/mol. The Bertz CT molecular complexity index is 1120. The fourth-order valence-electron chi connectivity index (χ4n) is 5.31. The summed E-state index contributed by atoms with van der Waals surface area (Å²) in [5, 5.41) is 19.7. The minimum absolute atomic E-state index is 0.0247. The van der Waals surface area contributed by atoms with Crippen LogP contribution in [0.1, 0.15) is 82.3 Å². The summed E-state index contributed by atoms with van der Waals surface area (Å²) >= 11 is 0. The highest BCUT2D eigenvalue weighted by Crippen LogP contribution is 2.52. The molecule has 1 aliphatic carbocycles. The number of carbonyl (C=O) groups is 2. The number of aliphatic hydroxyl groups is 1. The van der Waals surface area contributed by atoms with Crippen LogP contribution >= 0.6 is 0 Å². The van der Waals surface area contributed by atoms with E-state index in [0.717, 1.165) is 24.2 Å². The number of fused-ring (bicyclic) bond motifs is 3. The minimum atomic E-state index is -0.903. The fraction of sp³-hybridized carbons (Fsp3) is 0.613. The summed E-state index contributed by atoms with van der Waals surface area (Å²) in [4.78, 5) is 37.9. The number of esters is 2. The first kappa shape index (κ1) is 31.9. The molecule has 0 spiro atoms. The van der Waals surface area contributed by atoms with Gasteiger partial charge in [0.2, 0.25) is 0 Å². The Hall–Kier alpha value is -3.58. The molecule has 1 N–H and O–H groups in total. The summed E-state index contributed by atoms with van der Waals surface area (Å²) in [6.45, 7) is 3.92. The smallest absolute Gasteiger partial charge is 0.305 e. The second kappa shape index (κ2) is 16.6. The maximum atomic E-state index is 12.2. The third-order valence-corrected chi connectivity index (χ3v) is 7.50. The Labute approximate surface area is 241 Å². The topological polar surface area (TPSA) is 134 Å². The fourth-order valence-corrected chi connectivity index (χ4v) is 5.31. The molecule has 0 amide bonds. The van der Waals surface area contributed by atoms with Crippen LogP contribution in [0.15, 0.2) is 30.4 Å². The van der Waals surface area contributed by atoms with Gasteiger partial charge in [-0.1, -0.05) is 37.3 Å². The predicted molar refractivity (Wildman–Crippen MR) is 150 cm³/mol. The van der Waals surface area contributed by atoms with Crippen molar-refractivity contribution in [3.8, 4) is 17.6 Å². The molecular formula is C31H41NO9. The van der Waals surface area contributed by atoms with Crippen LogP contribution in [0.25, 0.3) is 0 Å². The van der Waals surface area contributed by atoms with E-state index in [0.29, 0.717) is 31.6 Å². The summed E-state index contributed by atoms with van der Waals surface area (Å²) in [5.74, 6) is 6.75. The van der Waals surface area contributed by atoms with Crippen LogP contribution in [0.2, 0.25) is 0 Å². The Kier molecular flexibility index (Phi) is 13.0. The van der Waals surface area contributed by atoms with Gasteiger partial charge in [-0.05, 0) is 56.4 Å². The summed E-state index contributed by atoms with van der Waals surface area (Å²) in [6.07, 6.45) is 8.56. The molecular weight excluding hydrogens is 530 g/mol. The van der Waals surface area contributed by atoms with Crippen molar-refractivity contribution in [1.29, 1.82) is 0 Å². The molecule has 224 valence electrons. The van der Waals surface area contributed by atoms with E-state index >= 15 is 0 Å². The highest BCUT2D eigenvalue weighted by atomic mass is 16.9. The van der Waals surface area contributed by atoms with E-state index in [4.69, 9.17) is 14.2 Å². The molecule has 10 nitrogen and oxygen atoms in total. The average Bonchev–Trinajstić information content (AvgIpc) is 3.52. The van der Waals surface area contributed by atoms with E-state index in [9.17, 15) is 24.8 Å². The van der Waals surface area contributed by atoms with Gasteiger partial charge in [0.15, 0.2) is 0 Å². The molecule has 0 aromatic heterocycles. The zero-order valence-corrected chi connectivity index (χ0v) is 23.9. The molecule has 1 saturated carbocycles. The maximum absolute atomic E-state index is 12.2. The molecule has 1 aromatic rings. The van der Waals surface area contributed by atoms with Crippen molar-refractivity contribution in [2.45, 2.75) is 89.8 Å². The van der Waals surface area contributed by atoms with Crippen LogP contribution in [-0.4, -0.2) is 54.2 Å². The Morgan fingerprint density at radius 1 is 1.15 bits per heavy atom. The summed E-state index contributed by atoms with van der Waals surface area (Å²) < 4.78 is 16.7. The summed E-state index contributed by atoms with van der Waals surface area (Å²) in [7, 11) is 0. The molecule has 0 saturated heterocycles. The molecule has 0 bridgehead atoms. The van der Waals surface area contributed by atoms with Crippen LogP contribution < -0.4 is 4.74 Å². The molecule has 1 fully saturated rings. The van der Waals surface area contributed by atoms with E-state index < -0.39 is 17.2 Å². The van der Waals surface area contributed by atoms with Crippen molar-refractivity contribution in [2.24, 2.45) is 11.8 Å². The number of aryl methyl sites for hydroxylation is 1. The minimum Gasteiger partial charge on any atom is -0.489 e. The zero-order valence-electron chi connectivity index (χ0n) is 23.9. The lowest BCUT2D eigenvalue weighted by atomic mass is 9.86. The Balaban J connectivity index is 1.37. The number of para-hydroxylation sites is 1. The molecule has 5 atom stereocenters. The van der Waals surface area contributed by atoms with E-state index in [2.05, 4.69) is 28.8 Å². The molecule has 1 aromatic carbocycles. The van der Waals surface area contributed by atoms with Gasteiger partial charge >= 0.3 is 11.9 Å². The molecule has 2 aliphatic rings. The number of rotatable bonds is 17. The lowest BCUT2D eigenvalue weighted by Crippen LogP contribution is -2.17. The molecule has 1 heterocycles. The first-order valence-corrected chi connectivity index (χ1v) is 14.4. The largest absolute Gasteiger partial charge is 0.489 e. The lowest BCUT2D eigenvalue weighted by Gasteiger charge is -2.17. The first-order chi connectivity index (χ1) is 19.8. The van der Waals surface area contributed by atoms with E-state index in [-0.39, 0.29) is 63.0 Å². The van der Waals surface area contributed by atoms with Gasteiger partial charge in [-0.25, -0.2) is 0 Å². The number of hydrogen-bond acceptors (Lipinski definition) is 9. The van der Waals surface area contributed by atoms with Crippen molar-refractivity contribution in [3.05, 3.63) is 51.6 Å². The van der Waals surface area contributed by atoms with Gasteiger partial charge in [0.1, 0.15) is 11.9 Å². The highest BCUT2D eigenvalue weighted by Gasteiger charge is 2.44. The third kappa shape index (κ3) is 10.1. The second-order valence-electron chi connectivity index (χ2n) is 10.6. The number of nitrogens with zero attached hydrogens (tertiary/aromatic N) is 1. The van der Waals surface area contributed by atoms with E-state index in [1.165, 1.54) is 5.56 Å². The van der Waals surface area contributed by atoms with E-state index in [1.807, 2.05) is 32.1 Å². The number of aliphatic hydroxyl groups excluding tert-OH is 1. The molecule has 10 heteroatoms.